The lowest BCUT2D eigenvalue weighted by atomic mass is 10.4. The topological polar surface area (TPSA) is 0 Å². The quantitative estimate of drug-likeness (QED) is 0.374. The van der Waals surface area contributed by atoms with E-state index >= 15 is 0 Å². The third-order valence-corrected chi connectivity index (χ3v) is 11.1. The summed E-state index contributed by atoms with van der Waals surface area (Å²) in [5.41, 5.74) is 0. The first kappa shape index (κ1) is 13.2. The number of hydrogen-bond acceptors (Lipinski definition) is 0. The molecule has 0 N–H and O–H groups in total. The molecule has 1 saturated heterocycles. The number of rotatable bonds is 2. The third-order valence-electron chi connectivity index (χ3n) is 2.95. The Hall–Kier alpha value is 1.11. The van der Waals surface area contributed by atoms with Gasteiger partial charge in [-0.25, -0.2) is 0 Å². The Labute approximate surface area is 118 Å². The Balaban J connectivity index is 0.000000980. The fourth-order valence-electron chi connectivity index (χ4n) is 2.13. The Morgan fingerprint density at radius 2 is 1.64 bits per heavy atom. The van der Waals surface area contributed by atoms with E-state index in [1.165, 1.54) is 29.3 Å². The maximum atomic E-state index is 2.60. The molecule has 0 saturated carbocycles. The van der Waals surface area contributed by atoms with Gasteiger partial charge >= 0.3 is 0 Å². The Bertz CT molecular complexity index is 268. The van der Waals surface area contributed by atoms with Crippen LogP contribution in [0.3, 0.4) is 0 Å². The normalized spacial score (nSPS) is 18.9. The zero-order valence-corrected chi connectivity index (χ0v) is 13.5. The second-order valence-corrected chi connectivity index (χ2v) is 9.74. The lowest BCUT2D eigenvalue weighted by Crippen LogP contribution is -2.13. The van der Waals surface area contributed by atoms with Crippen molar-refractivity contribution in [3.63, 3.8) is 0 Å². The van der Waals surface area contributed by atoms with Crippen LogP contribution in [0.4, 0.5) is 0 Å². The van der Waals surface area contributed by atoms with Crippen LogP contribution in [0.5, 0.6) is 0 Å². The summed E-state index contributed by atoms with van der Waals surface area (Å²) in [6.07, 6.45) is 5.93. The van der Waals surface area contributed by atoms with Gasteiger partial charge in [-0.2, -0.15) is 0 Å². The van der Waals surface area contributed by atoms with Crippen molar-refractivity contribution in [3.05, 3.63) is 30.3 Å². The van der Waals surface area contributed by atoms with Gasteiger partial charge in [0.1, 0.15) is 4.17 Å². The number of benzene rings is 1. The molecule has 1 aliphatic heterocycles. The minimum atomic E-state index is -0.693. The van der Waals surface area contributed by atoms with Gasteiger partial charge < -0.3 is 0 Å². The maximum Gasteiger partial charge on any atom is 0.114 e. The Morgan fingerprint density at radius 3 is 2.14 bits per heavy atom. The molecular formula is C11H16I2P+. The van der Waals surface area contributed by atoms with Crippen LogP contribution in [0.25, 0.3) is 0 Å². The van der Waals surface area contributed by atoms with Crippen LogP contribution in [0.2, 0.25) is 0 Å². The van der Waals surface area contributed by atoms with Crippen molar-refractivity contribution in [2.24, 2.45) is 0 Å². The van der Waals surface area contributed by atoms with E-state index in [-0.39, 0.29) is 24.0 Å². The molecule has 3 heteroatoms. The van der Waals surface area contributed by atoms with Crippen molar-refractivity contribution in [1.29, 1.82) is 0 Å². The molecule has 0 amide bonds. The zero-order chi connectivity index (χ0) is 9.15. The first-order valence-corrected chi connectivity index (χ1v) is 8.72. The molecule has 0 aliphatic carbocycles. The fraction of sp³-hybridized carbons (Fsp3) is 0.455. The predicted octanol–water partition coefficient (Wildman–Crippen LogP) is 4.13. The number of alkyl halides is 1. The molecular weight excluding hydrogens is 417 g/mol. The van der Waals surface area contributed by atoms with E-state index in [0.29, 0.717) is 0 Å². The van der Waals surface area contributed by atoms with Gasteiger partial charge in [-0.3, -0.25) is 0 Å². The largest absolute Gasteiger partial charge is 0.114 e. The predicted molar refractivity (Wildman–Crippen MR) is 86.3 cm³/mol. The molecule has 14 heavy (non-hydrogen) atoms. The van der Waals surface area contributed by atoms with Crippen molar-refractivity contribution < 1.29 is 0 Å². The lowest BCUT2D eigenvalue weighted by molar-refractivity contribution is 0.949. The van der Waals surface area contributed by atoms with Gasteiger partial charge in [0.2, 0.25) is 0 Å². The highest BCUT2D eigenvalue weighted by Gasteiger charge is 2.41. The summed E-state index contributed by atoms with van der Waals surface area (Å²) in [4.78, 5) is 0. The number of halogens is 2. The van der Waals surface area contributed by atoms with Gasteiger partial charge in [-0.15, -0.1) is 24.0 Å². The van der Waals surface area contributed by atoms with Crippen LogP contribution in [0.1, 0.15) is 12.8 Å². The summed E-state index contributed by atoms with van der Waals surface area (Å²) in [6.45, 7) is 0. The first-order chi connectivity index (χ1) is 6.37. The molecule has 1 aliphatic rings. The minimum absolute atomic E-state index is 0. The highest BCUT2D eigenvalue weighted by Crippen LogP contribution is 2.63. The van der Waals surface area contributed by atoms with Crippen molar-refractivity contribution >= 4 is 59.1 Å². The lowest BCUT2D eigenvalue weighted by Gasteiger charge is -2.18. The van der Waals surface area contributed by atoms with Crippen molar-refractivity contribution in [2.45, 2.75) is 12.8 Å². The molecule has 0 spiro atoms. The molecule has 1 heterocycles. The molecule has 0 radical (unpaired) electrons. The van der Waals surface area contributed by atoms with E-state index in [2.05, 4.69) is 52.9 Å². The molecule has 2 rings (SSSR count). The van der Waals surface area contributed by atoms with E-state index in [1.54, 1.807) is 5.30 Å². The molecule has 1 fully saturated rings. The van der Waals surface area contributed by atoms with E-state index in [4.69, 9.17) is 0 Å². The first-order valence-electron chi connectivity index (χ1n) is 4.85. The smallest absolute Gasteiger partial charge is 0.107 e. The standard InChI is InChI=1S/C11H15IP.HI/c12-10-13(8-4-5-9-13)11-6-2-1-3-7-11;/h1-3,6-7H,4-5,8-10H2;1H/q+1;. The van der Waals surface area contributed by atoms with Crippen LogP contribution in [0.15, 0.2) is 30.3 Å². The van der Waals surface area contributed by atoms with Gasteiger partial charge in [0.05, 0.1) is 24.9 Å². The molecule has 0 bridgehead atoms. The van der Waals surface area contributed by atoms with Crippen LogP contribution in [0, 0.1) is 0 Å². The maximum absolute atomic E-state index is 2.60. The van der Waals surface area contributed by atoms with Crippen molar-refractivity contribution in [3.8, 4) is 0 Å². The monoisotopic (exact) mass is 433 g/mol. The van der Waals surface area contributed by atoms with Gasteiger partial charge in [-0.05, 0) is 47.6 Å². The van der Waals surface area contributed by atoms with Crippen molar-refractivity contribution in [1.82, 2.24) is 0 Å². The SMILES string of the molecule is I.IC[P+]1(c2ccccc2)CCCC1. The average Bonchev–Trinajstić information content (AvgIpc) is 2.69. The van der Waals surface area contributed by atoms with Gasteiger partial charge in [-0.1, -0.05) is 18.2 Å². The average molecular weight is 433 g/mol. The second kappa shape index (κ2) is 6.00. The summed E-state index contributed by atoms with van der Waals surface area (Å²) in [5.74, 6) is 0. The Kier molecular flexibility index (Phi) is 5.64. The molecule has 1 aromatic carbocycles. The number of hydrogen-bond donors (Lipinski definition) is 0. The summed E-state index contributed by atoms with van der Waals surface area (Å²) in [5, 5.41) is 1.67. The summed E-state index contributed by atoms with van der Waals surface area (Å²) >= 11 is 2.60. The van der Waals surface area contributed by atoms with Crippen LogP contribution in [-0.2, 0) is 0 Å². The van der Waals surface area contributed by atoms with Gasteiger partial charge in [0.15, 0.2) is 0 Å². The molecule has 0 unspecified atom stereocenters. The van der Waals surface area contributed by atoms with Crippen molar-refractivity contribution in [2.75, 3.05) is 16.5 Å². The van der Waals surface area contributed by atoms with E-state index in [1.807, 2.05) is 0 Å². The Morgan fingerprint density at radius 1 is 1.07 bits per heavy atom. The van der Waals surface area contributed by atoms with Crippen LogP contribution in [-0.4, -0.2) is 16.5 Å². The van der Waals surface area contributed by atoms with E-state index in [0.717, 1.165) is 0 Å². The van der Waals surface area contributed by atoms with Gasteiger partial charge in [0, 0.05) is 0 Å². The second-order valence-electron chi connectivity index (χ2n) is 3.75. The summed E-state index contributed by atoms with van der Waals surface area (Å²) < 4.78 is 1.38. The van der Waals surface area contributed by atoms with Crippen LogP contribution >= 0.6 is 53.8 Å². The molecule has 0 nitrogen and oxygen atoms in total. The van der Waals surface area contributed by atoms with E-state index in [9.17, 15) is 0 Å². The minimum Gasteiger partial charge on any atom is -0.107 e. The third kappa shape index (κ3) is 2.62. The molecule has 78 valence electrons. The highest BCUT2D eigenvalue weighted by atomic mass is 127. The molecule has 0 atom stereocenters. The summed E-state index contributed by atoms with van der Waals surface area (Å²) in [6, 6.07) is 11.2. The molecule has 0 aromatic heterocycles. The fourth-order valence-corrected chi connectivity index (χ4v) is 8.94. The zero-order valence-electron chi connectivity index (χ0n) is 8.16. The van der Waals surface area contributed by atoms with Crippen LogP contribution < -0.4 is 5.30 Å². The molecule has 1 aromatic rings. The van der Waals surface area contributed by atoms with Gasteiger partial charge in [0.25, 0.3) is 0 Å². The summed E-state index contributed by atoms with van der Waals surface area (Å²) in [7, 11) is -0.693. The van der Waals surface area contributed by atoms with E-state index < -0.39 is 7.26 Å². The highest BCUT2D eigenvalue weighted by molar-refractivity contribution is 14.1.